The summed E-state index contributed by atoms with van der Waals surface area (Å²) in [6.07, 6.45) is 2.46. The van der Waals surface area contributed by atoms with E-state index < -0.39 is 10.0 Å². The highest BCUT2D eigenvalue weighted by Gasteiger charge is 2.22. The van der Waals surface area contributed by atoms with Gasteiger partial charge in [-0.25, -0.2) is 8.42 Å². The van der Waals surface area contributed by atoms with Gasteiger partial charge in [0.2, 0.25) is 0 Å². The molecule has 4 aromatic rings. The minimum absolute atomic E-state index is 0.0485. The van der Waals surface area contributed by atoms with Crippen LogP contribution in [-0.2, 0) is 10.0 Å². The predicted molar refractivity (Wildman–Crippen MR) is 138 cm³/mol. The van der Waals surface area contributed by atoms with Gasteiger partial charge in [-0.2, -0.15) is 0 Å². The molecule has 1 N–H and O–H groups in total. The predicted octanol–water partition coefficient (Wildman–Crippen LogP) is 4.39. The summed E-state index contributed by atoms with van der Waals surface area (Å²) >= 11 is 0. The van der Waals surface area contributed by atoms with Crippen LogP contribution in [0.3, 0.4) is 0 Å². The first-order valence-corrected chi connectivity index (χ1v) is 13.1. The number of benzene rings is 3. The molecule has 0 unspecified atom stereocenters. The maximum Gasteiger partial charge on any atom is 0.264 e. The van der Waals surface area contributed by atoms with E-state index in [0.29, 0.717) is 29.9 Å². The Morgan fingerprint density at radius 1 is 0.800 bits per heavy atom. The number of para-hydroxylation sites is 2. The second-order valence-corrected chi connectivity index (χ2v) is 10.1. The van der Waals surface area contributed by atoms with Crippen LogP contribution in [0.5, 0.6) is 0 Å². The van der Waals surface area contributed by atoms with E-state index in [1.807, 2.05) is 35.2 Å². The number of hydrogen-bond acceptors (Lipinski definition) is 5. The zero-order valence-corrected chi connectivity index (χ0v) is 20.0. The molecule has 7 nitrogen and oxygen atoms in total. The molecule has 5 rings (SSSR count). The van der Waals surface area contributed by atoms with Crippen LogP contribution in [0.15, 0.2) is 96.0 Å². The molecular weight excluding hydrogens is 460 g/mol. The summed E-state index contributed by atoms with van der Waals surface area (Å²) in [5.41, 5.74) is 2.51. The van der Waals surface area contributed by atoms with E-state index in [2.05, 4.69) is 26.7 Å². The third kappa shape index (κ3) is 4.97. The Kier molecular flexibility index (Phi) is 6.37. The highest BCUT2D eigenvalue weighted by molar-refractivity contribution is 7.93. The monoisotopic (exact) mass is 486 g/mol. The summed E-state index contributed by atoms with van der Waals surface area (Å²) in [4.78, 5) is 21.6. The fourth-order valence-electron chi connectivity index (χ4n) is 4.38. The maximum atomic E-state index is 13.1. The van der Waals surface area contributed by atoms with Crippen molar-refractivity contribution in [1.29, 1.82) is 0 Å². The Morgan fingerprint density at radius 2 is 1.57 bits per heavy atom. The number of carbonyl (C=O) groups excluding carboxylic acids is 1. The van der Waals surface area contributed by atoms with Crippen molar-refractivity contribution < 1.29 is 13.2 Å². The zero-order valence-electron chi connectivity index (χ0n) is 19.2. The Balaban J connectivity index is 1.27. The van der Waals surface area contributed by atoms with Gasteiger partial charge in [-0.1, -0.05) is 36.4 Å². The third-order valence-electron chi connectivity index (χ3n) is 6.17. The number of fused-ring (bicyclic) bond motifs is 1. The number of pyridine rings is 1. The number of rotatable bonds is 5. The highest BCUT2D eigenvalue weighted by Crippen LogP contribution is 2.24. The fraction of sp³-hybridized carbons (Fsp3) is 0.185. The molecule has 1 amide bonds. The van der Waals surface area contributed by atoms with Gasteiger partial charge in [-0.15, -0.1) is 0 Å². The average molecular weight is 487 g/mol. The molecule has 2 heterocycles. The van der Waals surface area contributed by atoms with Crippen LogP contribution >= 0.6 is 0 Å². The Hall–Kier alpha value is -3.91. The zero-order chi connectivity index (χ0) is 24.3. The lowest BCUT2D eigenvalue weighted by molar-refractivity contribution is 0.0767. The molecule has 178 valence electrons. The molecule has 1 fully saturated rings. The van der Waals surface area contributed by atoms with Crippen LogP contribution in [0, 0.1) is 0 Å². The van der Waals surface area contributed by atoms with Crippen molar-refractivity contribution in [3.05, 3.63) is 96.7 Å². The van der Waals surface area contributed by atoms with Gasteiger partial charge in [0.25, 0.3) is 15.9 Å². The molecular formula is C27H26N4O3S. The Morgan fingerprint density at radius 3 is 2.37 bits per heavy atom. The molecule has 8 heteroatoms. The van der Waals surface area contributed by atoms with Crippen LogP contribution in [0.1, 0.15) is 16.8 Å². The first-order valence-electron chi connectivity index (χ1n) is 11.6. The summed E-state index contributed by atoms with van der Waals surface area (Å²) in [5, 5.41) is 0.750. The Bertz CT molecular complexity index is 1440. The molecule has 35 heavy (non-hydrogen) atoms. The van der Waals surface area contributed by atoms with Crippen molar-refractivity contribution in [1.82, 2.24) is 9.88 Å². The van der Waals surface area contributed by atoms with Crippen LogP contribution in [-0.4, -0.2) is 50.4 Å². The van der Waals surface area contributed by atoms with Crippen molar-refractivity contribution in [2.75, 3.05) is 35.8 Å². The number of amides is 1. The van der Waals surface area contributed by atoms with Crippen molar-refractivity contribution in [2.45, 2.75) is 11.3 Å². The van der Waals surface area contributed by atoms with E-state index in [1.54, 1.807) is 42.6 Å². The van der Waals surface area contributed by atoms with E-state index in [-0.39, 0.29) is 10.8 Å². The number of hydrogen-bond donors (Lipinski definition) is 1. The summed E-state index contributed by atoms with van der Waals surface area (Å²) < 4.78 is 28.7. The lowest BCUT2D eigenvalue weighted by Gasteiger charge is -2.23. The quantitative estimate of drug-likeness (QED) is 0.453. The third-order valence-corrected chi connectivity index (χ3v) is 7.59. The largest absolute Gasteiger partial charge is 0.370 e. The van der Waals surface area contributed by atoms with Gasteiger partial charge in [0.1, 0.15) is 4.90 Å². The van der Waals surface area contributed by atoms with Crippen LogP contribution < -0.4 is 9.62 Å². The van der Waals surface area contributed by atoms with E-state index in [0.717, 1.165) is 24.9 Å². The van der Waals surface area contributed by atoms with Crippen LogP contribution in [0.4, 0.5) is 11.4 Å². The number of anilines is 2. The topological polar surface area (TPSA) is 82.6 Å². The summed E-state index contributed by atoms with van der Waals surface area (Å²) in [6, 6.07) is 25.5. The van der Waals surface area contributed by atoms with E-state index >= 15 is 0 Å². The molecule has 3 aromatic carbocycles. The smallest absolute Gasteiger partial charge is 0.264 e. The minimum Gasteiger partial charge on any atom is -0.370 e. The van der Waals surface area contributed by atoms with Crippen molar-refractivity contribution in [3.63, 3.8) is 0 Å². The van der Waals surface area contributed by atoms with Gasteiger partial charge < -0.3 is 9.80 Å². The molecule has 0 aliphatic carbocycles. The lowest BCUT2D eigenvalue weighted by Crippen LogP contribution is -2.35. The van der Waals surface area contributed by atoms with Gasteiger partial charge in [-0.3, -0.25) is 14.5 Å². The van der Waals surface area contributed by atoms with Crippen molar-refractivity contribution in [3.8, 4) is 0 Å². The second-order valence-electron chi connectivity index (χ2n) is 8.48. The Labute approximate surface area is 205 Å². The maximum absolute atomic E-state index is 13.1. The molecule has 1 saturated heterocycles. The van der Waals surface area contributed by atoms with Crippen molar-refractivity contribution >= 4 is 38.2 Å². The average Bonchev–Trinajstić information content (AvgIpc) is 3.15. The lowest BCUT2D eigenvalue weighted by atomic mass is 10.2. The van der Waals surface area contributed by atoms with E-state index in [1.165, 1.54) is 11.8 Å². The van der Waals surface area contributed by atoms with Crippen LogP contribution in [0.2, 0.25) is 0 Å². The van der Waals surface area contributed by atoms with Gasteiger partial charge >= 0.3 is 0 Å². The molecule has 1 aromatic heterocycles. The first kappa shape index (κ1) is 22.9. The number of carbonyl (C=O) groups is 1. The van der Waals surface area contributed by atoms with Gasteiger partial charge in [0.15, 0.2) is 0 Å². The van der Waals surface area contributed by atoms with E-state index in [9.17, 15) is 13.2 Å². The standard InChI is InChI=1S/C27H26N4O3S/c32-27(31-18-6-17-30(19-20-31)24-9-2-1-3-10-24)22-12-14-23(15-13-22)29-35(33,34)25-11-4-7-21-8-5-16-28-26(21)25/h1-5,7-16,29H,6,17-20H2. The minimum atomic E-state index is -3.84. The highest BCUT2D eigenvalue weighted by atomic mass is 32.2. The first-order chi connectivity index (χ1) is 17.0. The normalized spacial score (nSPS) is 14.5. The fourth-order valence-corrected chi connectivity index (χ4v) is 5.62. The molecule has 1 aliphatic heterocycles. The molecule has 0 bridgehead atoms. The molecule has 1 aliphatic rings. The number of nitrogens with zero attached hydrogens (tertiary/aromatic N) is 3. The molecule has 0 atom stereocenters. The summed E-state index contributed by atoms with van der Waals surface area (Å²) in [6.45, 7) is 2.99. The number of sulfonamides is 1. The summed E-state index contributed by atoms with van der Waals surface area (Å²) in [7, 11) is -3.84. The SMILES string of the molecule is O=C(c1ccc(NS(=O)(=O)c2cccc3cccnc23)cc1)N1CCCN(c2ccccc2)CC1. The van der Waals surface area contributed by atoms with Gasteiger partial charge in [0.05, 0.1) is 5.52 Å². The van der Waals surface area contributed by atoms with Gasteiger partial charge in [0, 0.05) is 54.7 Å². The number of nitrogens with one attached hydrogen (secondary N) is 1. The summed E-state index contributed by atoms with van der Waals surface area (Å²) in [5.74, 6) is -0.0485. The van der Waals surface area contributed by atoms with Crippen molar-refractivity contribution in [2.24, 2.45) is 0 Å². The number of aromatic nitrogens is 1. The van der Waals surface area contributed by atoms with Gasteiger partial charge in [-0.05, 0) is 55.0 Å². The molecule has 0 saturated carbocycles. The van der Waals surface area contributed by atoms with E-state index in [4.69, 9.17) is 0 Å². The molecule has 0 spiro atoms. The van der Waals surface area contributed by atoms with Crippen LogP contribution in [0.25, 0.3) is 10.9 Å². The molecule has 0 radical (unpaired) electrons. The second kappa shape index (κ2) is 9.76.